The molecule has 0 unspecified atom stereocenters. The fourth-order valence-electron chi connectivity index (χ4n) is 4.44. The van der Waals surface area contributed by atoms with Gasteiger partial charge in [-0.3, -0.25) is 9.59 Å². The zero-order valence-corrected chi connectivity index (χ0v) is 13.6. The number of carbonyl (C=O) groups excluding carboxylic acids is 2. The summed E-state index contributed by atoms with van der Waals surface area (Å²) in [6, 6.07) is 0. The maximum Gasteiger partial charge on any atom is 0.311 e. The number of hydrogen-bond donors (Lipinski definition) is 0. The highest BCUT2D eigenvalue weighted by molar-refractivity contribution is 5.87. The number of ether oxygens (including phenoxy) is 1. The average Bonchev–Trinajstić information content (AvgIpc) is 2.44. The first-order valence-electron chi connectivity index (χ1n) is 7.82. The summed E-state index contributed by atoms with van der Waals surface area (Å²) < 4.78 is 5.09. The molecule has 2 rings (SSSR count). The van der Waals surface area contributed by atoms with Crippen LogP contribution in [0.1, 0.15) is 52.9 Å². The van der Waals surface area contributed by atoms with Gasteiger partial charge in [0.25, 0.3) is 0 Å². The summed E-state index contributed by atoms with van der Waals surface area (Å²) in [5.74, 6) is 0.256. The van der Waals surface area contributed by atoms with Crippen molar-refractivity contribution in [2.45, 2.75) is 52.9 Å². The molecule has 0 aromatic rings. The molecule has 0 spiro atoms. The van der Waals surface area contributed by atoms with Crippen LogP contribution < -0.4 is 0 Å². The normalized spacial score (nSPS) is 36.0. The van der Waals surface area contributed by atoms with Gasteiger partial charge < -0.3 is 4.74 Å². The van der Waals surface area contributed by atoms with Crippen LogP contribution in [0.4, 0.5) is 0 Å². The molecule has 0 saturated heterocycles. The van der Waals surface area contributed by atoms with Crippen LogP contribution in [0.5, 0.6) is 0 Å². The molecule has 2 aliphatic carbocycles. The van der Waals surface area contributed by atoms with Gasteiger partial charge in [-0.1, -0.05) is 25.5 Å². The zero-order chi connectivity index (χ0) is 15.7. The minimum atomic E-state index is -0.411. The Morgan fingerprint density at radius 1 is 1.33 bits per heavy atom. The SMILES string of the molecule is COC(=O)[C@@]1(C)CCC[C@]2(C)C(/C=C/C(C)=O)=CCC[C@@H]12. The molecule has 0 aromatic heterocycles. The Morgan fingerprint density at radius 3 is 2.67 bits per heavy atom. The van der Waals surface area contributed by atoms with E-state index in [0.717, 1.165) is 32.1 Å². The standard InChI is InChI=1S/C18H26O3/c1-13(19)9-10-14-7-5-8-15-17(14,2)11-6-12-18(15,3)16(20)21-4/h7,9-10,15H,5-6,8,11-12H2,1-4H3/b10-9+/t15-,17-,18+/m1/s1. The molecule has 21 heavy (non-hydrogen) atoms. The summed E-state index contributed by atoms with van der Waals surface area (Å²) in [7, 11) is 1.48. The summed E-state index contributed by atoms with van der Waals surface area (Å²) in [6.45, 7) is 5.87. The highest BCUT2D eigenvalue weighted by Gasteiger charge is 2.54. The van der Waals surface area contributed by atoms with Crippen LogP contribution in [0.3, 0.4) is 0 Å². The van der Waals surface area contributed by atoms with Gasteiger partial charge in [-0.2, -0.15) is 0 Å². The van der Waals surface area contributed by atoms with E-state index in [9.17, 15) is 9.59 Å². The molecule has 3 nitrogen and oxygen atoms in total. The molecule has 0 heterocycles. The zero-order valence-electron chi connectivity index (χ0n) is 13.6. The summed E-state index contributed by atoms with van der Waals surface area (Å²) in [4.78, 5) is 23.6. The molecule has 2 aliphatic rings. The molecular formula is C18H26O3. The molecular weight excluding hydrogens is 264 g/mol. The van der Waals surface area contributed by atoms with Crippen LogP contribution in [-0.2, 0) is 14.3 Å². The molecule has 0 radical (unpaired) electrons. The lowest BCUT2D eigenvalue weighted by Crippen LogP contribution is -2.50. The molecule has 0 N–H and O–H groups in total. The van der Waals surface area contributed by atoms with E-state index in [1.54, 1.807) is 13.0 Å². The molecule has 0 aromatic carbocycles. The van der Waals surface area contributed by atoms with Gasteiger partial charge in [0.15, 0.2) is 5.78 Å². The molecule has 3 heteroatoms. The third-order valence-corrected chi connectivity index (χ3v) is 5.56. The quantitative estimate of drug-likeness (QED) is 0.586. The Kier molecular flexibility index (Phi) is 4.40. The van der Waals surface area contributed by atoms with Crippen molar-refractivity contribution < 1.29 is 14.3 Å². The highest BCUT2D eigenvalue weighted by atomic mass is 16.5. The Hall–Kier alpha value is -1.38. The molecule has 1 fully saturated rings. The van der Waals surface area contributed by atoms with Crippen molar-refractivity contribution >= 4 is 11.8 Å². The number of ketones is 1. The largest absolute Gasteiger partial charge is 0.469 e. The first kappa shape index (κ1) is 16.0. The molecule has 3 atom stereocenters. The number of rotatable bonds is 3. The van der Waals surface area contributed by atoms with Crippen LogP contribution in [-0.4, -0.2) is 18.9 Å². The second-order valence-corrected chi connectivity index (χ2v) is 6.91. The van der Waals surface area contributed by atoms with E-state index in [-0.39, 0.29) is 23.1 Å². The van der Waals surface area contributed by atoms with Crippen molar-refractivity contribution in [3.8, 4) is 0 Å². The smallest absolute Gasteiger partial charge is 0.311 e. The third kappa shape index (κ3) is 2.70. The van der Waals surface area contributed by atoms with E-state index in [4.69, 9.17) is 4.74 Å². The van der Waals surface area contributed by atoms with Crippen molar-refractivity contribution in [2.75, 3.05) is 7.11 Å². The highest BCUT2D eigenvalue weighted by Crippen LogP contribution is 2.59. The van der Waals surface area contributed by atoms with Crippen molar-refractivity contribution in [1.29, 1.82) is 0 Å². The van der Waals surface area contributed by atoms with E-state index >= 15 is 0 Å². The third-order valence-electron chi connectivity index (χ3n) is 5.56. The monoisotopic (exact) mass is 290 g/mol. The van der Waals surface area contributed by atoms with Crippen LogP contribution >= 0.6 is 0 Å². The number of hydrogen-bond acceptors (Lipinski definition) is 3. The molecule has 0 bridgehead atoms. The number of fused-ring (bicyclic) bond motifs is 1. The molecule has 0 aliphatic heterocycles. The van der Waals surface area contributed by atoms with Gasteiger partial charge in [0.05, 0.1) is 12.5 Å². The molecule has 116 valence electrons. The van der Waals surface area contributed by atoms with E-state index < -0.39 is 5.41 Å². The number of carbonyl (C=O) groups is 2. The number of allylic oxidation sites excluding steroid dienone is 4. The van der Waals surface area contributed by atoms with Crippen LogP contribution in [0.2, 0.25) is 0 Å². The summed E-state index contributed by atoms with van der Waals surface area (Å²) in [5, 5.41) is 0. The van der Waals surface area contributed by atoms with Gasteiger partial charge >= 0.3 is 5.97 Å². The Labute approximate surface area is 127 Å². The Balaban J connectivity index is 2.38. The van der Waals surface area contributed by atoms with Gasteiger partial charge in [0.1, 0.15) is 0 Å². The van der Waals surface area contributed by atoms with E-state index in [0.29, 0.717) is 0 Å². The van der Waals surface area contributed by atoms with Gasteiger partial charge in [0.2, 0.25) is 0 Å². The van der Waals surface area contributed by atoms with Gasteiger partial charge in [-0.15, -0.1) is 0 Å². The fraction of sp³-hybridized carbons (Fsp3) is 0.667. The van der Waals surface area contributed by atoms with Crippen LogP contribution in [0.25, 0.3) is 0 Å². The van der Waals surface area contributed by atoms with Crippen molar-refractivity contribution in [1.82, 2.24) is 0 Å². The predicted octanol–water partition coefficient (Wildman–Crippen LogP) is 3.84. The summed E-state index contributed by atoms with van der Waals surface area (Å²) in [6.07, 6.45) is 10.8. The molecule has 1 saturated carbocycles. The number of esters is 1. The van der Waals surface area contributed by atoms with E-state index in [1.807, 2.05) is 6.08 Å². The maximum absolute atomic E-state index is 12.3. The lowest BCUT2D eigenvalue weighted by Gasteiger charge is -2.53. The van der Waals surface area contributed by atoms with Crippen molar-refractivity contribution in [2.24, 2.45) is 16.7 Å². The second kappa shape index (κ2) is 5.78. The lowest BCUT2D eigenvalue weighted by molar-refractivity contribution is -0.162. The van der Waals surface area contributed by atoms with Crippen LogP contribution in [0.15, 0.2) is 23.8 Å². The number of methoxy groups -OCH3 is 1. The second-order valence-electron chi connectivity index (χ2n) is 6.91. The van der Waals surface area contributed by atoms with Gasteiger partial charge in [-0.05, 0) is 62.5 Å². The van der Waals surface area contributed by atoms with Gasteiger partial charge in [-0.25, -0.2) is 0 Å². The van der Waals surface area contributed by atoms with Crippen LogP contribution in [0, 0.1) is 16.7 Å². The Morgan fingerprint density at radius 2 is 2.05 bits per heavy atom. The van der Waals surface area contributed by atoms with Gasteiger partial charge in [0, 0.05) is 0 Å². The predicted molar refractivity (Wildman–Crippen MR) is 82.7 cm³/mol. The molecule has 0 amide bonds. The fourth-order valence-corrected chi connectivity index (χ4v) is 4.44. The first-order valence-corrected chi connectivity index (χ1v) is 7.82. The minimum Gasteiger partial charge on any atom is -0.469 e. The lowest BCUT2D eigenvalue weighted by atomic mass is 9.50. The summed E-state index contributed by atoms with van der Waals surface area (Å²) >= 11 is 0. The van der Waals surface area contributed by atoms with E-state index in [2.05, 4.69) is 19.9 Å². The minimum absolute atomic E-state index is 0.0363. The first-order chi connectivity index (χ1) is 9.84. The van der Waals surface area contributed by atoms with Crippen molar-refractivity contribution in [3.63, 3.8) is 0 Å². The average molecular weight is 290 g/mol. The Bertz CT molecular complexity index is 503. The summed E-state index contributed by atoms with van der Waals surface area (Å²) in [5.41, 5.74) is 0.764. The van der Waals surface area contributed by atoms with E-state index in [1.165, 1.54) is 12.7 Å². The maximum atomic E-state index is 12.3. The van der Waals surface area contributed by atoms with Crippen molar-refractivity contribution in [3.05, 3.63) is 23.8 Å². The topological polar surface area (TPSA) is 43.4 Å².